The van der Waals surface area contributed by atoms with Gasteiger partial charge >= 0.3 is 5.97 Å². The zero-order chi connectivity index (χ0) is 22.5. The Kier molecular flexibility index (Phi) is 6.07. The van der Waals surface area contributed by atoms with E-state index in [4.69, 9.17) is 14.7 Å². The lowest BCUT2D eigenvalue weighted by atomic mass is 10.1. The van der Waals surface area contributed by atoms with Crippen molar-refractivity contribution in [1.82, 2.24) is 4.90 Å². The molecule has 0 saturated carbocycles. The summed E-state index contributed by atoms with van der Waals surface area (Å²) in [6.45, 7) is -0.298. The molecule has 10 nitrogen and oxygen atoms in total. The molecule has 0 aliphatic carbocycles. The third-order valence-corrected chi connectivity index (χ3v) is 4.48. The number of allylic oxidation sites excluding steroid dienone is 1. The van der Waals surface area contributed by atoms with E-state index >= 15 is 0 Å². The summed E-state index contributed by atoms with van der Waals surface area (Å²) < 4.78 is 10.4. The number of methoxy groups -OCH3 is 1. The van der Waals surface area contributed by atoms with Gasteiger partial charge in [-0.2, -0.15) is 5.26 Å². The fourth-order valence-corrected chi connectivity index (χ4v) is 3.05. The quantitative estimate of drug-likeness (QED) is 0.166. The smallest absolute Gasteiger partial charge is 0.313 e. The van der Waals surface area contributed by atoms with Crippen molar-refractivity contribution in [3.05, 3.63) is 69.3 Å². The minimum absolute atomic E-state index is 0.0738. The van der Waals surface area contributed by atoms with Crippen LogP contribution in [0.4, 0.5) is 5.69 Å². The van der Waals surface area contributed by atoms with E-state index in [2.05, 4.69) is 0 Å². The number of esters is 1. The number of nitro groups is 1. The third-order valence-electron chi connectivity index (χ3n) is 4.48. The zero-order valence-electron chi connectivity index (χ0n) is 16.2. The zero-order valence-corrected chi connectivity index (χ0v) is 16.2. The van der Waals surface area contributed by atoms with Crippen LogP contribution in [0.15, 0.2) is 42.5 Å². The van der Waals surface area contributed by atoms with Gasteiger partial charge in [-0.1, -0.05) is 12.1 Å². The van der Waals surface area contributed by atoms with E-state index in [9.17, 15) is 24.5 Å². The first kappa shape index (κ1) is 21.2. The van der Waals surface area contributed by atoms with E-state index in [0.29, 0.717) is 5.56 Å². The van der Waals surface area contributed by atoms with Crippen molar-refractivity contribution < 1.29 is 28.8 Å². The first-order valence-corrected chi connectivity index (χ1v) is 8.96. The van der Waals surface area contributed by atoms with Gasteiger partial charge in [0.25, 0.3) is 17.5 Å². The number of carbonyl (C=O) groups excluding carboxylic acids is 3. The van der Waals surface area contributed by atoms with Crippen molar-refractivity contribution in [1.29, 1.82) is 5.26 Å². The number of benzene rings is 2. The lowest BCUT2D eigenvalue weighted by Gasteiger charge is -2.14. The van der Waals surface area contributed by atoms with Crippen molar-refractivity contribution in [3.63, 3.8) is 0 Å². The molecule has 0 bridgehead atoms. The van der Waals surface area contributed by atoms with Gasteiger partial charge in [0.15, 0.2) is 11.5 Å². The number of imide groups is 1. The van der Waals surface area contributed by atoms with Crippen LogP contribution in [0, 0.1) is 21.4 Å². The summed E-state index contributed by atoms with van der Waals surface area (Å²) in [4.78, 5) is 48.4. The predicted molar refractivity (Wildman–Crippen MR) is 106 cm³/mol. The Bertz CT molecular complexity index is 1160. The summed E-state index contributed by atoms with van der Waals surface area (Å²) in [6, 6.07) is 10.3. The second-order valence-corrected chi connectivity index (χ2v) is 6.32. The SMILES string of the molecule is COc1cc(/C=C\C#N)ccc1OC(=O)CCN1C(=O)c2cccc([N+](=O)[O-])c2C1=O. The number of amides is 2. The number of nitriles is 1. The highest BCUT2D eigenvalue weighted by Gasteiger charge is 2.40. The van der Waals surface area contributed by atoms with Gasteiger partial charge < -0.3 is 9.47 Å². The lowest BCUT2D eigenvalue weighted by molar-refractivity contribution is -0.385. The van der Waals surface area contributed by atoms with E-state index in [1.807, 2.05) is 6.07 Å². The van der Waals surface area contributed by atoms with E-state index in [-0.39, 0.29) is 35.6 Å². The van der Waals surface area contributed by atoms with Crippen LogP contribution in [0.2, 0.25) is 0 Å². The molecule has 10 heteroatoms. The maximum atomic E-state index is 12.5. The van der Waals surface area contributed by atoms with Crippen LogP contribution in [0.5, 0.6) is 11.5 Å². The van der Waals surface area contributed by atoms with Crippen LogP contribution < -0.4 is 9.47 Å². The van der Waals surface area contributed by atoms with Crippen molar-refractivity contribution in [2.45, 2.75) is 6.42 Å². The number of nitrogens with zero attached hydrogens (tertiary/aromatic N) is 3. The molecule has 1 aliphatic rings. The highest BCUT2D eigenvalue weighted by Crippen LogP contribution is 2.31. The van der Waals surface area contributed by atoms with Crippen molar-refractivity contribution >= 4 is 29.5 Å². The van der Waals surface area contributed by atoms with Gasteiger partial charge in [0.1, 0.15) is 5.56 Å². The van der Waals surface area contributed by atoms with Crippen LogP contribution in [-0.2, 0) is 4.79 Å². The van der Waals surface area contributed by atoms with Crippen LogP contribution >= 0.6 is 0 Å². The molecule has 0 spiro atoms. The molecule has 0 N–H and O–H groups in total. The number of hydrogen-bond donors (Lipinski definition) is 0. The number of nitro benzene ring substituents is 1. The minimum atomic E-state index is -0.827. The Morgan fingerprint density at radius 1 is 1.23 bits per heavy atom. The van der Waals surface area contributed by atoms with Gasteiger partial charge in [-0.15, -0.1) is 0 Å². The molecule has 156 valence electrons. The summed E-state index contributed by atoms with van der Waals surface area (Å²) in [5.74, 6) is -1.89. The number of ether oxygens (including phenoxy) is 2. The van der Waals surface area contributed by atoms with E-state index < -0.39 is 28.4 Å². The Morgan fingerprint density at radius 3 is 2.68 bits per heavy atom. The normalized spacial score (nSPS) is 12.6. The maximum Gasteiger partial charge on any atom is 0.313 e. The third kappa shape index (κ3) is 4.25. The van der Waals surface area contributed by atoms with Gasteiger partial charge in [0.05, 0.1) is 30.1 Å². The minimum Gasteiger partial charge on any atom is -0.493 e. The maximum absolute atomic E-state index is 12.5. The molecular formula is C21H15N3O7. The summed E-state index contributed by atoms with van der Waals surface area (Å²) in [7, 11) is 1.39. The summed E-state index contributed by atoms with van der Waals surface area (Å²) in [6.07, 6.45) is 2.51. The van der Waals surface area contributed by atoms with Crippen LogP contribution in [0.25, 0.3) is 6.08 Å². The molecule has 2 amide bonds. The highest BCUT2D eigenvalue weighted by atomic mass is 16.6. The van der Waals surface area contributed by atoms with Crippen molar-refractivity contribution in [2.24, 2.45) is 0 Å². The Morgan fingerprint density at radius 2 is 2.00 bits per heavy atom. The monoisotopic (exact) mass is 421 g/mol. The molecule has 2 aromatic carbocycles. The molecule has 0 saturated heterocycles. The van der Waals surface area contributed by atoms with Gasteiger partial charge in [-0.3, -0.25) is 29.4 Å². The second kappa shape index (κ2) is 8.87. The molecule has 0 unspecified atom stereocenters. The summed E-state index contributed by atoms with van der Waals surface area (Å²) in [5.41, 5.74) is -0.161. The summed E-state index contributed by atoms with van der Waals surface area (Å²) in [5, 5.41) is 19.7. The average molecular weight is 421 g/mol. The Labute approximate surface area is 176 Å². The number of carbonyl (C=O) groups is 3. The van der Waals surface area contributed by atoms with Gasteiger partial charge in [0.2, 0.25) is 0 Å². The molecule has 1 heterocycles. The van der Waals surface area contributed by atoms with Crippen molar-refractivity contribution in [3.8, 4) is 17.6 Å². The van der Waals surface area contributed by atoms with Gasteiger partial charge in [0, 0.05) is 18.7 Å². The van der Waals surface area contributed by atoms with Gasteiger partial charge in [-0.05, 0) is 29.8 Å². The average Bonchev–Trinajstić information content (AvgIpc) is 3.01. The molecule has 1 aliphatic heterocycles. The Hall–Kier alpha value is -4.52. The lowest BCUT2D eigenvalue weighted by Crippen LogP contribution is -2.32. The largest absolute Gasteiger partial charge is 0.493 e. The standard InChI is InChI=1S/C21H15N3O7/c1-30-17-12-13(4-3-10-22)7-8-16(17)31-18(25)9-11-23-20(26)14-5-2-6-15(24(28)29)19(14)21(23)27/h2-8,12H,9,11H2,1H3/b4-3-. The van der Waals surface area contributed by atoms with E-state index in [1.54, 1.807) is 18.2 Å². The Balaban J connectivity index is 1.69. The fraction of sp³-hybridized carbons (Fsp3) is 0.143. The molecule has 0 fully saturated rings. The molecular weight excluding hydrogens is 406 g/mol. The van der Waals surface area contributed by atoms with E-state index in [0.717, 1.165) is 11.0 Å². The van der Waals surface area contributed by atoms with Gasteiger partial charge in [-0.25, -0.2) is 0 Å². The molecule has 2 aromatic rings. The van der Waals surface area contributed by atoms with Crippen LogP contribution in [0.3, 0.4) is 0 Å². The first-order chi connectivity index (χ1) is 14.9. The highest BCUT2D eigenvalue weighted by molar-refractivity contribution is 6.23. The topological polar surface area (TPSA) is 140 Å². The molecule has 0 atom stereocenters. The van der Waals surface area contributed by atoms with Crippen LogP contribution in [-0.4, -0.2) is 41.3 Å². The number of fused-ring (bicyclic) bond motifs is 1. The second-order valence-electron chi connectivity index (χ2n) is 6.32. The number of hydrogen-bond acceptors (Lipinski definition) is 8. The molecule has 0 radical (unpaired) electrons. The molecule has 3 rings (SSSR count). The molecule has 0 aromatic heterocycles. The van der Waals surface area contributed by atoms with Crippen molar-refractivity contribution in [2.75, 3.05) is 13.7 Å². The predicted octanol–water partition coefficient (Wildman–Crippen LogP) is 2.73. The van der Waals surface area contributed by atoms with Crippen LogP contribution in [0.1, 0.15) is 32.7 Å². The number of rotatable bonds is 7. The van der Waals surface area contributed by atoms with E-state index in [1.165, 1.54) is 31.4 Å². The first-order valence-electron chi connectivity index (χ1n) is 8.96. The fourth-order valence-electron chi connectivity index (χ4n) is 3.05. The summed E-state index contributed by atoms with van der Waals surface area (Å²) >= 11 is 0. The molecule has 31 heavy (non-hydrogen) atoms.